The van der Waals surface area contributed by atoms with Gasteiger partial charge >= 0.3 is 0 Å². The fourth-order valence-corrected chi connectivity index (χ4v) is 4.44. The maximum absolute atomic E-state index is 12.4. The third-order valence-corrected chi connectivity index (χ3v) is 5.69. The number of carbonyl (C=O) groups is 1. The second-order valence-corrected chi connectivity index (χ2v) is 6.78. The number of benzene rings is 1. The lowest BCUT2D eigenvalue weighted by Gasteiger charge is -2.52. The van der Waals surface area contributed by atoms with Gasteiger partial charge in [-0.1, -0.05) is 0 Å². The van der Waals surface area contributed by atoms with Crippen LogP contribution in [-0.2, 0) is 21.4 Å². The predicted molar refractivity (Wildman–Crippen MR) is 89.3 cm³/mol. The van der Waals surface area contributed by atoms with Crippen LogP contribution in [0.2, 0.25) is 0 Å². The van der Waals surface area contributed by atoms with E-state index in [2.05, 4.69) is 11.9 Å². The monoisotopic (exact) mass is 327 g/mol. The van der Waals surface area contributed by atoms with Crippen molar-refractivity contribution in [3.05, 3.63) is 46.7 Å². The number of aromatic hydroxyl groups is 1. The molecular weight excluding hydrogens is 306 g/mol. The summed E-state index contributed by atoms with van der Waals surface area (Å²) in [6.45, 7) is 0.937. The number of methoxy groups -OCH3 is 2. The summed E-state index contributed by atoms with van der Waals surface area (Å²) < 4.78 is 10.7. The highest BCUT2D eigenvalue weighted by Crippen LogP contribution is 2.53. The molecule has 0 amide bonds. The van der Waals surface area contributed by atoms with E-state index in [0.717, 1.165) is 36.1 Å². The summed E-state index contributed by atoms with van der Waals surface area (Å²) in [6.07, 6.45) is 5.37. The van der Waals surface area contributed by atoms with E-state index >= 15 is 0 Å². The zero-order valence-electron chi connectivity index (χ0n) is 14.1. The summed E-state index contributed by atoms with van der Waals surface area (Å²) in [7, 11) is 5.17. The summed E-state index contributed by atoms with van der Waals surface area (Å²) in [6, 6.07) is 3.88. The quantitative estimate of drug-likeness (QED) is 0.899. The molecule has 1 saturated heterocycles. The van der Waals surface area contributed by atoms with Crippen molar-refractivity contribution in [2.24, 2.45) is 0 Å². The number of fused-ring (bicyclic) bond motifs is 1. The lowest BCUT2D eigenvalue weighted by molar-refractivity contribution is -0.114. The Balaban J connectivity index is 2.00. The van der Waals surface area contributed by atoms with Crippen molar-refractivity contribution in [2.45, 2.75) is 24.3 Å². The van der Waals surface area contributed by atoms with Crippen molar-refractivity contribution in [3.8, 4) is 11.5 Å². The molecule has 2 aliphatic carbocycles. The van der Waals surface area contributed by atoms with Gasteiger partial charge in [0.1, 0.15) is 0 Å². The van der Waals surface area contributed by atoms with Gasteiger partial charge in [0.25, 0.3) is 0 Å². The lowest BCUT2D eigenvalue weighted by Crippen LogP contribution is -2.54. The highest BCUT2D eigenvalue weighted by molar-refractivity contribution is 6.05. The van der Waals surface area contributed by atoms with E-state index in [0.29, 0.717) is 11.5 Å². The van der Waals surface area contributed by atoms with Crippen LogP contribution >= 0.6 is 0 Å². The fraction of sp³-hybridized carbons (Fsp3) is 0.421. The number of hydrogen-bond acceptors (Lipinski definition) is 5. The number of allylic oxidation sites excluding steroid dienone is 2. The maximum Gasteiger partial charge on any atom is 0.220 e. The van der Waals surface area contributed by atoms with Gasteiger partial charge in [-0.05, 0) is 67.4 Å². The Morgan fingerprint density at radius 3 is 2.79 bits per heavy atom. The molecular formula is C19H21NO4. The van der Waals surface area contributed by atoms with Crippen LogP contribution in [0, 0.1) is 0 Å². The van der Waals surface area contributed by atoms with Gasteiger partial charge in [0.2, 0.25) is 5.78 Å². The Bertz CT molecular complexity index is 795. The van der Waals surface area contributed by atoms with E-state index in [-0.39, 0.29) is 23.0 Å². The van der Waals surface area contributed by atoms with Crippen molar-refractivity contribution >= 4 is 5.78 Å². The molecule has 0 saturated carbocycles. The predicted octanol–water partition coefficient (Wildman–Crippen LogP) is 1.94. The Labute approximate surface area is 141 Å². The van der Waals surface area contributed by atoms with Gasteiger partial charge in [-0.15, -0.1) is 0 Å². The van der Waals surface area contributed by atoms with E-state index in [4.69, 9.17) is 9.47 Å². The van der Waals surface area contributed by atoms with Crippen molar-refractivity contribution in [2.75, 3.05) is 27.8 Å². The number of ether oxygens (including phenoxy) is 2. The molecule has 1 N–H and O–H groups in total. The first-order chi connectivity index (χ1) is 11.5. The Hall–Kier alpha value is -2.27. The van der Waals surface area contributed by atoms with Crippen molar-refractivity contribution in [1.82, 2.24) is 4.90 Å². The maximum atomic E-state index is 12.4. The normalized spacial score (nSPS) is 28.5. The van der Waals surface area contributed by atoms with E-state index in [1.165, 1.54) is 7.11 Å². The standard InChI is InChI=1S/C19H21NO4/c1-20-5-4-19-10-18(24-3)16(22)8-13(19)14(20)6-11-7-15(21)17(23-2)9-12(11)19/h7-10,14,21H,4-6H2,1-3H3/t14-,19+/m0/s1. The number of rotatable bonds is 2. The average Bonchev–Trinajstić information content (AvgIpc) is 2.57. The largest absolute Gasteiger partial charge is 0.504 e. The fourth-order valence-electron chi connectivity index (χ4n) is 4.44. The third kappa shape index (κ3) is 1.88. The Morgan fingerprint density at radius 2 is 2.08 bits per heavy atom. The summed E-state index contributed by atoms with van der Waals surface area (Å²) in [5.74, 6) is 0.937. The molecule has 5 heteroatoms. The number of carbonyl (C=O) groups excluding carboxylic acids is 1. The molecule has 0 aromatic heterocycles. The second-order valence-electron chi connectivity index (χ2n) is 6.78. The van der Waals surface area contributed by atoms with Crippen molar-refractivity contribution in [3.63, 3.8) is 0 Å². The number of phenolic OH excluding ortho intramolecular Hbond substituents is 1. The van der Waals surface area contributed by atoms with Crippen LogP contribution in [0.4, 0.5) is 0 Å². The molecule has 1 aromatic rings. The highest BCUT2D eigenvalue weighted by Gasteiger charge is 2.50. The lowest BCUT2D eigenvalue weighted by atomic mass is 9.59. The molecule has 4 rings (SSSR count). The zero-order valence-corrected chi connectivity index (χ0v) is 14.1. The molecule has 3 aliphatic rings. The molecule has 5 nitrogen and oxygen atoms in total. The number of piperidine rings is 1. The second kappa shape index (κ2) is 5.11. The van der Waals surface area contributed by atoms with Gasteiger partial charge < -0.3 is 14.6 Å². The molecule has 0 spiro atoms. The molecule has 0 radical (unpaired) electrons. The summed E-state index contributed by atoms with van der Waals surface area (Å²) >= 11 is 0. The molecule has 1 aromatic carbocycles. The highest BCUT2D eigenvalue weighted by atomic mass is 16.5. The molecule has 1 fully saturated rings. The Morgan fingerprint density at radius 1 is 1.29 bits per heavy atom. The van der Waals surface area contributed by atoms with Crippen LogP contribution in [0.1, 0.15) is 17.5 Å². The minimum atomic E-state index is -0.356. The molecule has 24 heavy (non-hydrogen) atoms. The minimum absolute atomic E-state index is 0.0716. The van der Waals surface area contributed by atoms with Crippen LogP contribution in [0.25, 0.3) is 0 Å². The summed E-state index contributed by atoms with van der Waals surface area (Å²) in [5.41, 5.74) is 2.98. The topological polar surface area (TPSA) is 59.0 Å². The van der Waals surface area contributed by atoms with Gasteiger partial charge in [0, 0.05) is 11.5 Å². The first kappa shape index (κ1) is 15.3. The van der Waals surface area contributed by atoms with Gasteiger partial charge in [-0.25, -0.2) is 0 Å². The van der Waals surface area contributed by atoms with Gasteiger partial charge in [-0.3, -0.25) is 9.69 Å². The first-order valence-corrected chi connectivity index (χ1v) is 8.14. The van der Waals surface area contributed by atoms with Crippen LogP contribution < -0.4 is 4.74 Å². The zero-order chi connectivity index (χ0) is 17.1. The smallest absolute Gasteiger partial charge is 0.220 e. The van der Waals surface area contributed by atoms with Crippen LogP contribution in [0.15, 0.2) is 35.6 Å². The molecule has 1 heterocycles. The van der Waals surface area contributed by atoms with E-state index in [9.17, 15) is 9.90 Å². The van der Waals surface area contributed by atoms with Gasteiger partial charge in [0.15, 0.2) is 17.3 Å². The average molecular weight is 327 g/mol. The number of likely N-dealkylation sites (N-methyl/N-ethyl adjacent to an activating group) is 1. The van der Waals surface area contributed by atoms with Crippen LogP contribution in [0.3, 0.4) is 0 Å². The van der Waals surface area contributed by atoms with E-state index in [1.807, 2.05) is 12.1 Å². The number of likely N-dealkylation sites (tertiary alicyclic amines) is 1. The molecule has 2 atom stereocenters. The number of ketones is 1. The number of phenols is 1. The number of nitrogens with zero attached hydrogens (tertiary/aromatic N) is 1. The summed E-state index contributed by atoms with van der Waals surface area (Å²) in [5, 5.41) is 10.2. The summed E-state index contributed by atoms with van der Waals surface area (Å²) in [4.78, 5) is 14.6. The number of hydrogen-bond donors (Lipinski definition) is 1. The van der Waals surface area contributed by atoms with Crippen LogP contribution in [0.5, 0.6) is 11.5 Å². The van der Waals surface area contributed by atoms with Gasteiger partial charge in [-0.2, -0.15) is 0 Å². The minimum Gasteiger partial charge on any atom is -0.504 e. The van der Waals surface area contributed by atoms with Crippen molar-refractivity contribution in [1.29, 1.82) is 0 Å². The SMILES string of the molecule is COC1=C[C@]23CCN(C)[C@@H](Cc4cc(O)c(OC)cc42)C3=CC1=O. The first-order valence-electron chi connectivity index (χ1n) is 8.14. The van der Waals surface area contributed by atoms with Crippen LogP contribution in [-0.4, -0.2) is 49.6 Å². The molecule has 0 unspecified atom stereocenters. The molecule has 126 valence electrons. The van der Waals surface area contributed by atoms with E-state index < -0.39 is 0 Å². The van der Waals surface area contributed by atoms with Crippen molar-refractivity contribution < 1.29 is 19.4 Å². The third-order valence-electron chi connectivity index (χ3n) is 5.69. The van der Waals surface area contributed by atoms with Gasteiger partial charge in [0.05, 0.1) is 14.2 Å². The Kier molecular flexibility index (Phi) is 3.25. The molecule has 2 bridgehead atoms. The molecule has 1 aliphatic heterocycles. The van der Waals surface area contributed by atoms with E-state index in [1.54, 1.807) is 19.3 Å².